The number of pyridine rings is 1. The van der Waals surface area contributed by atoms with Crippen LogP contribution in [0.3, 0.4) is 0 Å². The number of hydrogen-bond donors (Lipinski definition) is 2. The third-order valence-electron chi connectivity index (χ3n) is 2.94. The second kappa shape index (κ2) is 6.45. The molecule has 4 nitrogen and oxygen atoms in total. The maximum Gasteiger partial charge on any atom is 0.140 e. The first-order chi connectivity index (χ1) is 7.71. The molecule has 0 aliphatic heterocycles. The summed E-state index contributed by atoms with van der Waals surface area (Å²) in [5.74, 6) is 6.06. The van der Waals surface area contributed by atoms with E-state index in [-0.39, 0.29) is 0 Å². The van der Waals surface area contributed by atoms with Crippen LogP contribution in [0.2, 0.25) is 0 Å². The van der Waals surface area contributed by atoms with Crippen LogP contribution in [0.5, 0.6) is 0 Å². The van der Waals surface area contributed by atoms with Gasteiger partial charge in [-0.3, -0.25) is 4.90 Å². The van der Waals surface area contributed by atoms with Gasteiger partial charge in [-0.15, -0.1) is 0 Å². The summed E-state index contributed by atoms with van der Waals surface area (Å²) in [4.78, 5) is 6.82. The molecule has 3 N–H and O–H groups in total. The zero-order valence-electron chi connectivity index (χ0n) is 10.4. The zero-order valence-corrected chi connectivity index (χ0v) is 10.4. The van der Waals surface area contributed by atoms with Crippen molar-refractivity contribution >= 4 is 5.82 Å². The Labute approximate surface area is 97.8 Å². The summed E-state index contributed by atoms with van der Waals surface area (Å²) in [5.41, 5.74) is 3.63. The number of rotatable bonds is 6. The van der Waals surface area contributed by atoms with Crippen molar-refractivity contribution in [3.8, 4) is 0 Å². The molecule has 0 radical (unpaired) electrons. The lowest BCUT2D eigenvalue weighted by atomic mass is 10.2. The van der Waals surface area contributed by atoms with Crippen LogP contribution in [0.15, 0.2) is 18.2 Å². The van der Waals surface area contributed by atoms with Gasteiger partial charge in [0.15, 0.2) is 0 Å². The second-order valence-corrected chi connectivity index (χ2v) is 3.98. The molecule has 0 aliphatic rings. The van der Waals surface area contributed by atoms with Crippen LogP contribution < -0.4 is 11.3 Å². The Hall–Kier alpha value is -1.13. The van der Waals surface area contributed by atoms with Crippen molar-refractivity contribution in [2.75, 3.05) is 12.0 Å². The molecular formula is C12H22N4. The van der Waals surface area contributed by atoms with Gasteiger partial charge in [0.25, 0.3) is 0 Å². The topological polar surface area (TPSA) is 54.2 Å². The molecule has 0 bridgehead atoms. The molecule has 1 atom stereocenters. The summed E-state index contributed by atoms with van der Waals surface area (Å²) in [5, 5.41) is 0. The quantitative estimate of drug-likeness (QED) is 0.571. The van der Waals surface area contributed by atoms with Gasteiger partial charge in [-0.05, 0) is 32.0 Å². The van der Waals surface area contributed by atoms with E-state index in [0.29, 0.717) is 6.04 Å². The highest BCUT2D eigenvalue weighted by Crippen LogP contribution is 2.10. The van der Waals surface area contributed by atoms with Crippen LogP contribution in [-0.4, -0.2) is 22.5 Å². The Morgan fingerprint density at radius 3 is 2.75 bits per heavy atom. The Morgan fingerprint density at radius 2 is 2.19 bits per heavy atom. The fourth-order valence-electron chi connectivity index (χ4n) is 1.69. The van der Waals surface area contributed by atoms with Crippen molar-refractivity contribution in [1.82, 2.24) is 9.88 Å². The molecule has 1 aromatic heterocycles. The van der Waals surface area contributed by atoms with Crippen molar-refractivity contribution in [3.63, 3.8) is 0 Å². The predicted molar refractivity (Wildman–Crippen MR) is 67.9 cm³/mol. The van der Waals surface area contributed by atoms with Crippen LogP contribution in [-0.2, 0) is 6.54 Å². The maximum absolute atomic E-state index is 5.34. The largest absolute Gasteiger partial charge is 0.308 e. The molecule has 4 heteroatoms. The Kier molecular flexibility index (Phi) is 5.22. The van der Waals surface area contributed by atoms with Crippen LogP contribution >= 0.6 is 0 Å². The maximum atomic E-state index is 5.34. The molecule has 0 fully saturated rings. The van der Waals surface area contributed by atoms with E-state index in [1.165, 1.54) is 0 Å². The summed E-state index contributed by atoms with van der Waals surface area (Å²) in [6, 6.07) is 6.46. The number of nitrogens with two attached hydrogens (primary N) is 1. The lowest BCUT2D eigenvalue weighted by Gasteiger charge is -2.26. The van der Waals surface area contributed by atoms with E-state index in [0.717, 1.165) is 31.0 Å². The van der Waals surface area contributed by atoms with Crippen molar-refractivity contribution in [2.45, 2.75) is 39.8 Å². The third kappa shape index (κ3) is 3.47. The number of nitrogen functional groups attached to an aromatic ring is 1. The first-order valence-electron chi connectivity index (χ1n) is 5.87. The van der Waals surface area contributed by atoms with Gasteiger partial charge in [0.05, 0.1) is 5.69 Å². The summed E-state index contributed by atoms with van der Waals surface area (Å²) in [6.07, 6.45) is 1.16. The van der Waals surface area contributed by atoms with Gasteiger partial charge in [0.1, 0.15) is 5.82 Å². The van der Waals surface area contributed by atoms with E-state index < -0.39 is 0 Å². The van der Waals surface area contributed by atoms with E-state index in [2.05, 4.69) is 36.1 Å². The minimum atomic E-state index is 0.585. The molecular weight excluding hydrogens is 200 g/mol. The highest BCUT2D eigenvalue weighted by atomic mass is 15.3. The highest BCUT2D eigenvalue weighted by Gasteiger charge is 2.11. The standard InChI is InChI=1S/C12H22N4/c1-4-10(3)16(5-2)9-11-7-6-8-12(14-11)15-13/h6-8,10H,4-5,9,13H2,1-3H3,(H,14,15). The average molecular weight is 222 g/mol. The minimum absolute atomic E-state index is 0.585. The van der Waals surface area contributed by atoms with Gasteiger partial charge < -0.3 is 5.43 Å². The Bertz CT molecular complexity index is 314. The van der Waals surface area contributed by atoms with E-state index in [9.17, 15) is 0 Å². The van der Waals surface area contributed by atoms with Crippen molar-refractivity contribution < 1.29 is 0 Å². The molecule has 0 saturated heterocycles. The third-order valence-corrected chi connectivity index (χ3v) is 2.94. The second-order valence-electron chi connectivity index (χ2n) is 3.98. The first kappa shape index (κ1) is 12.9. The van der Waals surface area contributed by atoms with Gasteiger partial charge in [-0.1, -0.05) is 19.9 Å². The van der Waals surface area contributed by atoms with Crippen LogP contribution in [0, 0.1) is 0 Å². The van der Waals surface area contributed by atoms with Crippen molar-refractivity contribution in [3.05, 3.63) is 23.9 Å². The molecule has 1 rings (SSSR count). The number of hydrazine groups is 1. The van der Waals surface area contributed by atoms with E-state index >= 15 is 0 Å². The number of hydrogen-bond acceptors (Lipinski definition) is 4. The summed E-state index contributed by atoms with van der Waals surface area (Å²) in [6.45, 7) is 8.54. The van der Waals surface area contributed by atoms with Gasteiger partial charge in [0, 0.05) is 12.6 Å². The lowest BCUT2D eigenvalue weighted by molar-refractivity contribution is 0.204. The minimum Gasteiger partial charge on any atom is -0.308 e. The average Bonchev–Trinajstić information content (AvgIpc) is 2.35. The van der Waals surface area contributed by atoms with E-state index in [1.807, 2.05) is 18.2 Å². The van der Waals surface area contributed by atoms with Gasteiger partial charge in [-0.25, -0.2) is 10.8 Å². The molecule has 0 spiro atoms. The van der Waals surface area contributed by atoms with Crippen LogP contribution in [0.4, 0.5) is 5.82 Å². The summed E-state index contributed by atoms with van der Waals surface area (Å²) >= 11 is 0. The molecule has 16 heavy (non-hydrogen) atoms. The van der Waals surface area contributed by atoms with Gasteiger partial charge in [0.2, 0.25) is 0 Å². The molecule has 90 valence electrons. The molecule has 0 aromatic carbocycles. The molecule has 1 unspecified atom stereocenters. The molecule has 0 aliphatic carbocycles. The Morgan fingerprint density at radius 1 is 1.44 bits per heavy atom. The normalized spacial score (nSPS) is 12.8. The fraction of sp³-hybridized carbons (Fsp3) is 0.583. The SMILES string of the molecule is CCC(C)N(CC)Cc1cccc(NN)n1. The monoisotopic (exact) mass is 222 g/mol. The van der Waals surface area contributed by atoms with Crippen molar-refractivity contribution in [2.24, 2.45) is 5.84 Å². The predicted octanol–water partition coefficient (Wildman–Crippen LogP) is 1.99. The van der Waals surface area contributed by atoms with Crippen molar-refractivity contribution in [1.29, 1.82) is 0 Å². The van der Waals surface area contributed by atoms with E-state index in [4.69, 9.17) is 5.84 Å². The smallest absolute Gasteiger partial charge is 0.140 e. The summed E-state index contributed by atoms with van der Waals surface area (Å²) in [7, 11) is 0. The fourth-order valence-corrected chi connectivity index (χ4v) is 1.69. The van der Waals surface area contributed by atoms with Crippen LogP contribution in [0.25, 0.3) is 0 Å². The first-order valence-corrected chi connectivity index (χ1v) is 5.87. The molecule has 0 amide bonds. The number of nitrogens with zero attached hydrogens (tertiary/aromatic N) is 2. The lowest BCUT2D eigenvalue weighted by Crippen LogP contribution is -2.32. The van der Waals surface area contributed by atoms with Gasteiger partial charge >= 0.3 is 0 Å². The Balaban J connectivity index is 2.69. The number of nitrogens with one attached hydrogen (secondary N) is 1. The molecule has 1 heterocycles. The van der Waals surface area contributed by atoms with E-state index in [1.54, 1.807) is 0 Å². The number of aromatic nitrogens is 1. The molecule has 1 aromatic rings. The summed E-state index contributed by atoms with van der Waals surface area (Å²) < 4.78 is 0. The zero-order chi connectivity index (χ0) is 12.0. The van der Waals surface area contributed by atoms with Crippen LogP contribution in [0.1, 0.15) is 32.9 Å². The molecule has 0 saturated carbocycles. The number of anilines is 1. The highest BCUT2D eigenvalue weighted by molar-refractivity contribution is 5.33. The van der Waals surface area contributed by atoms with Gasteiger partial charge in [-0.2, -0.15) is 0 Å².